The Morgan fingerprint density at radius 3 is 2.43 bits per heavy atom. The molecule has 1 saturated heterocycles. The molecule has 0 spiro atoms. The zero-order valence-electron chi connectivity index (χ0n) is 17.2. The van der Waals surface area contributed by atoms with Crippen LogP contribution in [0.15, 0.2) is 41.3 Å². The van der Waals surface area contributed by atoms with Crippen molar-refractivity contribution in [2.24, 2.45) is 0 Å². The summed E-state index contributed by atoms with van der Waals surface area (Å²) >= 11 is 1.45. The number of carbonyl (C=O) groups excluding carboxylic acids is 1. The summed E-state index contributed by atoms with van der Waals surface area (Å²) in [7, 11) is 4.59. The molecule has 1 fully saturated rings. The highest BCUT2D eigenvalue weighted by Gasteiger charge is 2.26. The minimum absolute atomic E-state index is 0.111. The molecule has 2 aromatic carbocycles. The van der Waals surface area contributed by atoms with Gasteiger partial charge in [0.1, 0.15) is 23.2 Å². The van der Waals surface area contributed by atoms with Gasteiger partial charge in [-0.25, -0.2) is 9.79 Å². The molecule has 30 heavy (non-hydrogen) atoms. The molecule has 0 aliphatic carbocycles. The molecule has 0 saturated carbocycles. The molecule has 0 radical (unpaired) electrons. The van der Waals surface area contributed by atoms with Crippen molar-refractivity contribution in [2.75, 3.05) is 34.4 Å². The Labute approximate surface area is 180 Å². The van der Waals surface area contributed by atoms with E-state index in [-0.39, 0.29) is 17.4 Å². The van der Waals surface area contributed by atoms with Gasteiger partial charge in [0.15, 0.2) is 11.5 Å². The first-order chi connectivity index (χ1) is 14.6. The third-order valence-electron chi connectivity index (χ3n) is 4.81. The van der Waals surface area contributed by atoms with Gasteiger partial charge in [-0.15, -0.1) is 0 Å². The maximum Gasteiger partial charge on any atom is 0.279 e. The van der Waals surface area contributed by atoms with Crippen LogP contribution in [0, 0.1) is 0 Å². The van der Waals surface area contributed by atoms with Crippen LogP contribution in [0.4, 0.5) is 0 Å². The molecule has 3 rings (SSSR count). The van der Waals surface area contributed by atoms with Crippen LogP contribution in [0.2, 0.25) is 0 Å². The Hall–Kier alpha value is -2.62. The average molecular weight is 435 g/mol. The van der Waals surface area contributed by atoms with Crippen molar-refractivity contribution >= 4 is 17.9 Å². The zero-order chi connectivity index (χ0) is 21.5. The Morgan fingerprint density at radius 2 is 1.80 bits per heavy atom. The maximum absolute atomic E-state index is 12.3. The topological polar surface area (TPSA) is 89.5 Å². The summed E-state index contributed by atoms with van der Waals surface area (Å²) in [6.45, 7) is 1.57. The Balaban J connectivity index is 1.66. The number of carbonyl (C=O) groups is 1. The number of methoxy groups -OCH3 is 3. The molecule has 8 nitrogen and oxygen atoms in total. The van der Waals surface area contributed by atoms with Gasteiger partial charge in [0.25, 0.3) is 5.91 Å². The normalized spacial score (nSPS) is 14.8. The number of nitrogens with zero attached hydrogens (tertiary/aromatic N) is 1. The first-order valence-electron chi connectivity index (χ1n) is 9.52. The largest absolute Gasteiger partial charge is 0.497 e. The fourth-order valence-corrected chi connectivity index (χ4v) is 4.38. The molecule has 2 aromatic rings. The van der Waals surface area contributed by atoms with E-state index in [0.29, 0.717) is 10.6 Å². The lowest BCUT2D eigenvalue weighted by atomic mass is 10.1. The lowest BCUT2D eigenvalue weighted by molar-refractivity contribution is 0.0698. The van der Waals surface area contributed by atoms with Gasteiger partial charge < -0.3 is 18.9 Å². The number of ether oxygens (including phenoxy) is 4. The van der Waals surface area contributed by atoms with Crippen LogP contribution in [-0.4, -0.2) is 55.9 Å². The Morgan fingerprint density at radius 1 is 1.07 bits per heavy atom. The van der Waals surface area contributed by atoms with Crippen molar-refractivity contribution < 1.29 is 28.9 Å². The molecule has 1 aliphatic heterocycles. The van der Waals surface area contributed by atoms with Crippen molar-refractivity contribution in [1.82, 2.24) is 9.79 Å². The maximum atomic E-state index is 12.3. The van der Waals surface area contributed by atoms with E-state index >= 15 is 0 Å². The monoisotopic (exact) mass is 434 g/mol. The number of hydroxylamine groups is 1. The van der Waals surface area contributed by atoms with Crippen molar-refractivity contribution in [3.63, 3.8) is 0 Å². The van der Waals surface area contributed by atoms with Crippen LogP contribution in [0.3, 0.4) is 0 Å². The van der Waals surface area contributed by atoms with Gasteiger partial charge in [0, 0.05) is 24.1 Å². The van der Waals surface area contributed by atoms with Crippen LogP contribution in [-0.2, 0) is 0 Å². The molecule has 0 bridgehead atoms. The van der Waals surface area contributed by atoms with Gasteiger partial charge in [0.2, 0.25) is 0 Å². The third-order valence-corrected chi connectivity index (χ3v) is 5.97. The number of hydrogen-bond acceptors (Lipinski definition) is 8. The van der Waals surface area contributed by atoms with Crippen molar-refractivity contribution in [1.29, 1.82) is 0 Å². The highest BCUT2D eigenvalue weighted by Crippen LogP contribution is 2.39. The average Bonchev–Trinajstić information content (AvgIpc) is 2.79. The number of benzene rings is 2. The lowest BCUT2D eigenvalue weighted by Gasteiger charge is -2.31. The molecule has 1 heterocycles. The summed E-state index contributed by atoms with van der Waals surface area (Å²) in [5.74, 6) is 1.62. The van der Waals surface area contributed by atoms with Crippen molar-refractivity contribution in [3.05, 3.63) is 42.0 Å². The second kappa shape index (κ2) is 10.4. The fourth-order valence-electron chi connectivity index (χ4n) is 3.30. The zero-order valence-corrected chi connectivity index (χ0v) is 18.0. The van der Waals surface area contributed by atoms with E-state index in [1.165, 1.54) is 26.2 Å². The van der Waals surface area contributed by atoms with Gasteiger partial charge in [-0.1, -0.05) is 6.07 Å². The quantitative estimate of drug-likeness (QED) is 0.371. The first-order valence-corrected chi connectivity index (χ1v) is 10.3. The molecule has 9 heteroatoms. The van der Waals surface area contributed by atoms with Gasteiger partial charge in [0.05, 0.1) is 21.3 Å². The molecular formula is C21H26N2O6S. The predicted octanol–water partition coefficient (Wildman–Crippen LogP) is 3.38. The molecule has 0 unspecified atom stereocenters. The second-order valence-electron chi connectivity index (χ2n) is 6.63. The van der Waals surface area contributed by atoms with E-state index in [2.05, 4.69) is 4.31 Å². The van der Waals surface area contributed by atoms with E-state index in [1.54, 1.807) is 24.7 Å². The molecule has 0 aromatic heterocycles. The summed E-state index contributed by atoms with van der Waals surface area (Å²) in [6.07, 6.45) is 1.80. The molecular weight excluding hydrogens is 408 g/mol. The van der Waals surface area contributed by atoms with Crippen LogP contribution in [0.5, 0.6) is 23.0 Å². The van der Waals surface area contributed by atoms with E-state index in [1.807, 2.05) is 24.3 Å². The van der Waals surface area contributed by atoms with Crippen LogP contribution < -0.4 is 24.4 Å². The lowest BCUT2D eigenvalue weighted by Crippen LogP contribution is -2.34. The highest BCUT2D eigenvalue weighted by molar-refractivity contribution is 7.97. The summed E-state index contributed by atoms with van der Waals surface area (Å²) in [5.41, 5.74) is 1.93. The predicted molar refractivity (Wildman–Crippen MR) is 113 cm³/mol. The van der Waals surface area contributed by atoms with E-state index in [0.717, 1.165) is 37.4 Å². The number of nitrogens with one attached hydrogen (secondary N) is 1. The first kappa shape index (κ1) is 22.1. The number of piperidine rings is 1. The highest BCUT2D eigenvalue weighted by atomic mass is 32.2. The summed E-state index contributed by atoms with van der Waals surface area (Å²) in [6, 6.07) is 11.1. The van der Waals surface area contributed by atoms with Crippen molar-refractivity contribution in [2.45, 2.75) is 23.8 Å². The Bertz CT molecular complexity index is 871. The molecule has 162 valence electrons. The van der Waals surface area contributed by atoms with Gasteiger partial charge in [-0.2, -0.15) is 0 Å². The Kier molecular flexibility index (Phi) is 7.67. The smallest absolute Gasteiger partial charge is 0.279 e. The van der Waals surface area contributed by atoms with Crippen LogP contribution in [0.25, 0.3) is 0 Å². The fraction of sp³-hybridized carbons (Fsp3) is 0.381. The molecule has 0 atom stereocenters. The van der Waals surface area contributed by atoms with E-state index < -0.39 is 5.91 Å². The molecule has 2 N–H and O–H groups in total. The third kappa shape index (κ3) is 5.10. The minimum Gasteiger partial charge on any atom is -0.497 e. The second-order valence-corrected chi connectivity index (χ2v) is 7.77. The van der Waals surface area contributed by atoms with E-state index in [9.17, 15) is 10.0 Å². The molecule has 1 amide bonds. The van der Waals surface area contributed by atoms with Crippen LogP contribution in [0.1, 0.15) is 23.2 Å². The minimum atomic E-state index is -0.649. The van der Waals surface area contributed by atoms with Crippen LogP contribution >= 0.6 is 11.9 Å². The summed E-state index contributed by atoms with van der Waals surface area (Å²) in [4.78, 5) is 12.9. The SMILES string of the molecule is COc1cccc(OC2CCN(Sc3ccc(OC)c(OC)c3C(=O)NO)CC2)c1. The van der Waals surface area contributed by atoms with Crippen molar-refractivity contribution in [3.8, 4) is 23.0 Å². The molecule has 1 aliphatic rings. The van der Waals surface area contributed by atoms with E-state index in [4.69, 9.17) is 18.9 Å². The van der Waals surface area contributed by atoms with Gasteiger partial charge >= 0.3 is 0 Å². The van der Waals surface area contributed by atoms with Gasteiger partial charge in [-0.05, 0) is 49.1 Å². The standard InChI is InChI=1S/C21H26N2O6S/c1-26-15-5-4-6-16(13-15)29-14-9-11-23(12-10-14)30-18-8-7-17(27-2)20(28-3)19(18)21(24)22-25/h4-8,13-14,25H,9-12H2,1-3H3,(H,22,24). The summed E-state index contributed by atoms with van der Waals surface area (Å²) in [5, 5.41) is 9.17. The number of rotatable bonds is 8. The number of hydrogen-bond donors (Lipinski definition) is 2. The van der Waals surface area contributed by atoms with Gasteiger partial charge in [-0.3, -0.25) is 10.0 Å². The number of amides is 1. The summed E-state index contributed by atoms with van der Waals surface area (Å²) < 4.78 is 24.1.